The van der Waals surface area contributed by atoms with Crippen molar-refractivity contribution in [3.8, 4) is 0 Å². The third-order valence-corrected chi connectivity index (χ3v) is 3.82. The summed E-state index contributed by atoms with van der Waals surface area (Å²) in [5.41, 5.74) is 1.80. The van der Waals surface area contributed by atoms with Crippen LogP contribution in [-0.4, -0.2) is 25.9 Å². The van der Waals surface area contributed by atoms with Gasteiger partial charge in [-0.05, 0) is 36.5 Å². The number of amides is 1. The lowest BCUT2D eigenvalue weighted by Crippen LogP contribution is -2.24. The average molecular weight is 318 g/mol. The molecule has 4 nitrogen and oxygen atoms in total. The number of methoxy groups -OCH3 is 1. The second kappa shape index (κ2) is 7.16. The highest BCUT2D eigenvalue weighted by molar-refractivity contribution is 6.42. The molecule has 0 spiro atoms. The molecule has 1 N–H and O–H groups in total. The SMILES string of the molecule is COCCc1cc(Cl)c(Cl)c(CNC(=O)OC2CC2)c1. The minimum Gasteiger partial charge on any atom is -0.446 e. The summed E-state index contributed by atoms with van der Waals surface area (Å²) in [5, 5.41) is 3.62. The molecule has 0 radical (unpaired) electrons. The van der Waals surface area contributed by atoms with Crippen LogP contribution in [0.15, 0.2) is 12.1 Å². The Bertz CT molecular complexity index is 490. The number of nitrogens with one attached hydrogen (secondary N) is 1. The molecule has 0 heterocycles. The summed E-state index contributed by atoms with van der Waals surface area (Å²) in [6.45, 7) is 0.902. The first-order chi connectivity index (χ1) is 9.60. The Morgan fingerprint density at radius 2 is 2.15 bits per heavy atom. The average Bonchev–Trinajstić information content (AvgIpc) is 3.22. The molecule has 6 heteroatoms. The molecule has 20 heavy (non-hydrogen) atoms. The zero-order valence-electron chi connectivity index (χ0n) is 11.2. The third-order valence-electron chi connectivity index (χ3n) is 2.98. The van der Waals surface area contributed by atoms with Crippen LogP contribution in [0.1, 0.15) is 24.0 Å². The lowest BCUT2D eigenvalue weighted by Gasteiger charge is -2.11. The Morgan fingerprint density at radius 1 is 1.40 bits per heavy atom. The van der Waals surface area contributed by atoms with E-state index in [0.717, 1.165) is 30.4 Å². The monoisotopic (exact) mass is 317 g/mol. The quantitative estimate of drug-likeness (QED) is 0.872. The number of benzene rings is 1. The maximum Gasteiger partial charge on any atom is 0.407 e. The summed E-state index contributed by atoms with van der Waals surface area (Å²) in [4.78, 5) is 11.5. The Hall–Kier alpha value is -0.970. The fraction of sp³-hybridized carbons (Fsp3) is 0.500. The van der Waals surface area contributed by atoms with Crippen LogP contribution >= 0.6 is 23.2 Å². The zero-order valence-corrected chi connectivity index (χ0v) is 12.8. The first-order valence-corrected chi connectivity index (χ1v) is 7.26. The molecule has 1 fully saturated rings. The summed E-state index contributed by atoms with van der Waals surface area (Å²) in [6, 6.07) is 3.74. The van der Waals surface area contributed by atoms with E-state index in [1.807, 2.05) is 12.1 Å². The van der Waals surface area contributed by atoms with Crippen molar-refractivity contribution in [3.05, 3.63) is 33.3 Å². The van der Waals surface area contributed by atoms with Gasteiger partial charge in [0, 0.05) is 13.7 Å². The highest BCUT2D eigenvalue weighted by Crippen LogP contribution is 2.28. The van der Waals surface area contributed by atoms with Crippen LogP contribution in [0.5, 0.6) is 0 Å². The first kappa shape index (κ1) is 15.4. The number of ether oxygens (including phenoxy) is 2. The number of halogens is 2. The van der Waals surface area contributed by atoms with E-state index in [9.17, 15) is 4.79 Å². The number of hydrogen-bond donors (Lipinski definition) is 1. The molecule has 110 valence electrons. The van der Waals surface area contributed by atoms with Gasteiger partial charge < -0.3 is 14.8 Å². The number of hydrogen-bond acceptors (Lipinski definition) is 3. The molecule has 1 aromatic carbocycles. The molecule has 0 saturated heterocycles. The van der Waals surface area contributed by atoms with Gasteiger partial charge in [0.2, 0.25) is 0 Å². The molecule has 1 aliphatic rings. The van der Waals surface area contributed by atoms with Gasteiger partial charge in [-0.3, -0.25) is 0 Å². The Labute approximate surface area is 128 Å². The molecule has 2 rings (SSSR count). The predicted octanol–water partition coefficient (Wildman–Crippen LogP) is 3.57. The van der Waals surface area contributed by atoms with Gasteiger partial charge in [-0.15, -0.1) is 0 Å². The zero-order chi connectivity index (χ0) is 14.5. The van der Waals surface area contributed by atoms with Gasteiger partial charge in [0.1, 0.15) is 6.10 Å². The van der Waals surface area contributed by atoms with Crippen molar-refractivity contribution in [2.75, 3.05) is 13.7 Å². The minimum atomic E-state index is -0.415. The summed E-state index contributed by atoms with van der Waals surface area (Å²) >= 11 is 12.2. The van der Waals surface area contributed by atoms with Crippen molar-refractivity contribution in [3.63, 3.8) is 0 Å². The van der Waals surface area contributed by atoms with Crippen molar-refractivity contribution >= 4 is 29.3 Å². The van der Waals surface area contributed by atoms with Crippen molar-refractivity contribution in [2.45, 2.75) is 31.9 Å². The molecule has 1 aliphatic carbocycles. The third kappa shape index (κ3) is 4.54. The summed E-state index contributed by atoms with van der Waals surface area (Å²) in [7, 11) is 1.65. The van der Waals surface area contributed by atoms with Crippen LogP contribution in [0, 0.1) is 0 Å². The maximum absolute atomic E-state index is 11.5. The Morgan fingerprint density at radius 3 is 2.80 bits per heavy atom. The number of rotatable bonds is 6. The van der Waals surface area contributed by atoms with E-state index in [0.29, 0.717) is 23.2 Å². The molecule has 0 unspecified atom stereocenters. The van der Waals surface area contributed by atoms with Crippen LogP contribution in [0.25, 0.3) is 0 Å². The van der Waals surface area contributed by atoms with Crippen LogP contribution in [-0.2, 0) is 22.4 Å². The molecular weight excluding hydrogens is 301 g/mol. The largest absolute Gasteiger partial charge is 0.446 e. The fourth-order valence-corrected chi connectivity index (χ4v) is 2.18. The Balaban J connectivity index is 1.97. The van der Waals surface area contributed by atoms with Gasteiger partial charge >= 0.3 is 6.09 Å². The van der Waals surface area contributed by atoms with Crippen molar-refractivity contribution in [2.24, 2.45) is 0 Å². The molecule has 1 amide bonds. The van der Waals surface area contributed by atoms with Crippen LogP contribution < -0.4 is 5.32 Å². The van der Waals surface area contributed by atoms with Crippen LogP contribution in [0.4, 0.5) is 4.79 Å². The summed E-state index contributed by atoms with van der Waals surface area (Å²) in [6.07, 6.45) is 2.32. The number of alkyl carbamates (subject to hydrolysis) is 1. The minimum absolute atomic E-state index is 0.0853. The lowest BCUT2D eigenvalue weighted by molar-refractivity contribution is 0.138. The van der Waals surface area contributed by atoms with Gasteiger partial charge in [0.15, 0.2) is 0 Å². The molecule has 1 aromatic rings. The predicted molar refractivity (Wildman–Crippen MR) is 78.4 cm³/mol. The van der Waals surface area contributed by atoms with Gasteiger partial charge in [0.25, 0.3) is 0 Å². The molecular formula is C14H17Cl2NO3. The smallest absolute Gasteiger partial charge is 0.407 e. The van der Waals surface area contributed by atoms with Crippen molar-refractivity contribution in [1.82, 2.24) is 5.32 Å². The number of carbonyl (C=O) groups excluding carboxylic acids is 1. The maximum atomic E-state index is 11.5. The molecule has 0 aromatic heterocycles. The summed E-state index contributed by atoms with van der Waals surface area (Å²) in [5.74, 6) is 0. The van der Waals surface area contributed by atoms with Gasteiger partial charge in [-0.1, -0.05) is 29.3 Å². The second-order valence-corrected chi connectivity index (χ2v) is 5.54. The lowest BCUT2D eigenvalue weighted by atomic mass is 10.1. The van der Waals surface area contributed by atoms with E-state index in [-0.39, 0.29) is 6.10 Å². The highest BCUT2D eigenvalue weighted by Gasteiger charge is 2.25. The number of carbonyl (C=O) groups is 1. The van der Waals surface area contributed by atoms with E-state index in [1.165, 1.54) is 0 Å². The van der Waals surface area contributed by atoms with E-state index in [4.69, 9.17) is 32.7 Å². The molecule has 0 bridgehead atoms. The van der Waals surface area contributed by atoms with Crippen molar-refractivity contribution < 1.29 is 14.3 Å². The molecule has 0 aliphatic heterocycles. The van der Waals surface area contributed by atoms with E-state index in [2.05, 4.69) is 5.32 Å². The fourth-order valence-electron chi connectivity index (χ4n) is 1.75. The Kier molecular flexibility index (Phi) is 5.52. The standard InChI is InChI=1S/C14H17Cl2NO3/c1-19-5-4-9-6-10(13(16)12(15)7-9)8-17-14(18)20-11-2-3-11/h6-7,11H,2-5,8H2,1H3,(H,17,18). The van der Waals surface area contributed by atoms with Crippen LogP contribution in [0.2, 0.25) is 10.0 Å². The van der Waals surface area contributed by atoms with E-state index < -0.39 is 6.09 Å². The van der Waals surface area contributed by atoms with Gasteiger partial charge in [0.05, 0.1) is 16.7 Å². The molecule has 1 saturated carbocycles. The first-order valence-electron chi connectivity index (χ1n) is 6.50. The topological polar surface area (TPSA) is 47.6 Å². The van der Waals surface area contributed by atoms with Crippen molar-refractivity contribution in [1.29, 1.82) is 0 Å². The van der Waals surface area contributed by atoms with E-state index in [1.54, 1.807) is 7.11 Å². The van der Waals surface area contributed by atoms with Gasteiger partial charge in [-0.25, -0.2) is 4.79 Å². The van der Waals surface area contributed by atoms with E-state index >= 15 is 0 Å². The van der Waals surface area contributed by atoms with Gasteiger partial charge in [-0.2, -0.15) is 0 Å². The summed E-state index contributed by atoms with van der Waals surface area (Å²) < 4.78 is 10.1. The molecule has 0 atom stereocenters. The normalized spacial score (nSPS) is 14.2. The second-order valence-electron chi connectivity index (χ2n) is 4.75. The van der Waals surface area contributed by atoms with Crippen LogP contribution in [0.3, 0.4) is 0 Å². The highest BCUT2D eigenvalue weighted by atomic mass is 35.5.